The lowest BCUT2D eigenvalue weighted by Gasteiger charge is -2.19. The summed E-state index contributed by atoms with van der Waals surface area (Å²) in [4.78, 5) is 0. The Labute approximate surface area is 117 Å². The van der Waals surface area contributed by atoms with Gasteiger partial charge in [-0.15, -0.1) is 10.2 Å². The van der Waals surface area contributed by atoms with Crippen LogP contribution in [0.15, 0.2) is 24.3 Å². The fraction of sp³-hybridized carbons (Fsp3) is 0.467. The van der Waals surface area contributed by atoms with Crippen molar-refractivity contribution < 1.29 is 0 Å². The van der Waals surface area contributed by atoms with E-state index < -0.39 is 0 Å². The highest BCUT2D eigenvalue weighted by Gasteiger charge is 2.41. The van der Waals surface area contributed by atoms with E-state index in [1.807, 2.05) is 18.2 Å². The van der Waals surface area contributed by atoms with Gasteiger partial charge in [0.05, 0.1) is 0 Å². The summed E-state index contributed by atoms with van der Waals surface area (Å²) in [6.45, 7) is 0. The second-order valence-corrected chi connectivity index (χ2v) is 6.09. The maximum atomic E-state index is 6.11. The SMILES string of the molecule is Clc1nnc(NC(C2CC2)C2CC2)c2ccccc12. The largest absolute Gasteiger partial charge is 0.365 e. The van der Waals surface area contributed by atoms with E-state index in [4.69, 9.17) is 11.6 Å². The van der Waals surface area contributed by atoms with E-state index >= 15 is 0 Å². The minimum atomic E-state index is 0.482. The van der Waals surface area contributed by atoms with Crippen molar-refractivity contribution in [2.45, 2.75) is 31.7 Å². The second-order valence-electron chi connectivity index (χ2n) is 5.73. The number of hydrogen-bond acceptors (Lipinski definition) is 3. The van der Waals surface area contributed by atoms with Crippen LogP contribution in [-0.2, 0) is 0 Å². The summed E-state index contributed by atoms with van der Waals surface area (Å²) >= 11 is 6.11. The monoisotopic (exact) mass is 273 g/mol. The molecule has 4 heteroatoms. The number of fused-ring (bicyclic) bond motifs is 1. The highest BCUT2D eigenvalue weighted by molar-refractivity contribution is 6.34. The first-order valence-corrected chi connectivity index (χ1v) is 7.38. The van der Waals surface area contributed by atoms with E-state index in [-0.39, 0.29) is 0 Å². The maximum absolute atomic E-state index is 6.11. The lowest BCUT2D eigenvalue weighted by atomic mass is 10.1. The summed E-state index contributed by atoms with van der Waals surface area (Å²) in [5.41, 5.74) is 0. The smallest absolute Gasteiger partial charge is 0.159 e. The number of rotatable bonds is 4. The second kappa shape index (κ2) is 4.34. The molecule has 3 nitrogen and oxygen atoms in total. The third-order valence-corrected chi connectivity index (χ3v) is 4.48. The Morgan fingerprint density at radius 2 is 1.63 bits per heavy atom. The van der Waals surface area contributed by atoms with Crippen LogP contribution >= 0.6 is 11.6 Å². The molecule has 4 rings (SSSR count). The van der Waals surface area contributed by atoms with Crippen molar-refractivity contribution in [2.75, 3.05) is 5.32 Å². The van der Waals surface area contributed by atoms with Crippen LogP contribution in [0.2, 0.25) is 5.15 Å². The Bertz CT molecular complexity index is 608. The molecule has 2 fully saturated rings. The molecule has 0 amide bonds. The van der Waals surface area contributed by atoms with Crippen LogP contribution in [0.25, 0.3) is 10.8 Å². The number of aromatic nitrogens is 2. The summed E-state index contributed by atoms with van der Waals surface area (Å²) in [5.74, 6) is 2.57. The predicted molar refractivity (Wildman–Crippen MR) is 77.4 cm³/mol. The van der Waals surface area contributed by atoms with Gasteiger partial charge in [0.2, 0.25) is 0 Å². The Balaban J connectivity index is 1.72. The maximum Gasteiger partial charge on any atom is 0.159 e. The topological polar surface area (TPSA) is 37.8 Å². The van der Waals surface area contributed by atoms with E-state index in [0.29, 0.717) is 11.2 Å². The molecule has 98 valence electrons. The molecule has 0 aliphatic heterocycles. The van der Waals surface area contributed by atoms with Crippen LogP contribution in [0, 0.1) is 11.8 Å². The number of anilines is 1. The lowest BCUT2D eigenvalue weighted by Crippen LogP contribution is -2.25. The van der Waals surface area contributed by atoms with Crippen LogP contribution in [0.5, 0.6) is 0 Å². The van der Waals surface area contributed by atoms with Crippen molar-refractivity contribution in [1.29, 1.82) is 0 Å². The highest BCUT2D eigenvalue weighted by Crippen LogP contribution is 2.46. The molecule has 1 aromatic heterocycles. The first kappa shape index (κ1) is 11.5. The van der Waals surface area contributed by atoms with E-state index in [1.54, 1.807) is 0 Å². The van der Waals surface area contributed by atoms with Crippen molar-refractivity contribution >= 4 is 28.2 Å². The number of nitrogens with zero attached hydrogens (tertiary/aromatic N) is 2. The summed E-state index contributed by atoms with van der Waals surface area (Å²) in [6, 6.07) is 8.66. The summed E-state index contributed by atoms with van der Waals surface area (Å²) in [5, 5.41) is 14.5. The van der Waals surface area contributed by atoms with Gasteiger partial charge in [0.1, 0.15) is 0 Å². The van der Waals surface area contributed by atoms with Gasteiger partial charge in [-0.05, 0) is 37.5 Å². The molecular weight excluding hydrogens is 258 g/mol. The Morgan fingerprint density at radius 1 is 1.00 bits per heavy atom. The first-order chi connectivity index (χ1) is 9.33. The fourth-order valence-corrected chi connectivity index (χ4v) is 3.07. The number of nitrogens with one attached hydrogen (secondary N) is 1. The van der Waals surface area contributed by atoms with Crippen LogP contribution in [0.3, 0.4) is 0 Å². The lowest BCUT2D eigenvalue weighted by molar-refractivity contribution is 0.565. The fourth-order valence-electron chi connectivity index (χ4n) is 2.87. The zero-order chi connectivity index (χ0) is 12.8. The first-order valence-electron chi connectivity index (χ1n) is 7.00. The summed E-state index contributed by atoms with van der Waals surface area (Å²) in [7, 11) is 0. The van der Waals surface area contributed by atoms with Gasteiger partial charge in [0.15, 0.2) is 11.0 Å². The molecule has 0 spiro atoms. The van der Waals surface area contributed by atoms with E-state index in [1.165, 1.54) is 25.7 Å². The van der Waals surface area contributed by atoms with Gasteiger partial charge in [-0.2, -0.15) is 0 Å². The minimum Gasteiger partial charge on any atom is -0.365 e. The highest BCUT2D eigenvalue weighted by atomic mass is 35.5. The average molecular weight is 274 g/mol. The summed E-state index contributed by atoms with van der Waals surface area (Å²) in [6.07, 6.45) is 5.42. The minimum absolute atomic E-state index is 0.482. The molecule has 0 radical (unpaired) electrons. The van der Waals surface area contributed by atoms with Gasteiger partial charge in [-0.25, -0.2) is 0 Å². The predicted octanol–water partition coefficient (Wildman–Crippen LogP) is 3.88. The van der Waals surface area contributed by atoms with Gasteiger partial charge in [0.25, 0.3) is 0 Å². The molecular formula is C15H16ClN3. The van der Waals surface area contributed by atoms with Crippen molar-refractivity contribution in [3.63, 3.8) is 0 Å². The number of hydrogen-bond donors (Lipinski definition) is 1. The van der Waals surface area contributed by atoms with Crippen LogP contribution in [0.1, 0.15) is 25.7 Å². The number of halogens is 1. The quantitative estimate of drug-likeness (QED) is 0.918. The molecule has 1 N–H and O–H groups in total. The zero-order valence-electron chi connectivity index (χ0n) is 10.6. The van der Waals surface area contributed by atoms with E-state index in [9.17, 15) is 0 Å². The Morgan fingerprint density at radius 3 is 2.26 bits per heavy atom. The molecule has 0 saturated heterocycles. The average Bonchev–Trinajstić information content (AvgIpc) is 3.30. The molecule has 2 aliphatic carbocycles. The van der Waals surface area contributed by atoms with E-state index in [2.05, 4.69) is 21.6 Å². The van der Waals surface area contributed by atoms with Crippen molar-refractivity contribution in [3.05, 3.63) is 29.4 Å². The molecule has 2 aromatic rings. The van der Waals surface area contributed by atoms with Crippen LogP contribution in [-0.4, -0.2) is 16.2 Å². The summed E-state index contributed by atoms with van der Waals surface area (Å²) < 4.78 is 0. The molecule has 1 aromatic carbocycles. The van der Waals surface area contributed by atoms with Crippen molar-refractivity contribution in [1.82, 2.24) is 10.2 Å². The molecule has 0 bridgehead atoms. The Hall–Kier alpha value is -1.35. The standard InChI is InChI=1S/C15H16ClN3/c16-14-11-3-1-2-4-12(11)15(19-18-14)17-13(9-5-6-9)10-7-8-10/h1-4,9-10,13H,5-8H2,(H,17,19). The normalized spacial score (nSPS) is 19.1. The van der Waals surface area contributed by atoms with E-state index in [0.717, 1.165) is 28.4 Å². The van der Waals surface area contributed by atoms with Crippen LogP contribution in [0.4, 0.5) is 5.82 Å². The van der Waals surface area contributed by atoms with Gasteiger partial charge in [-0.3, -0.25) is 0 Å². The van der Waals surface area contributed by atoms with Crippen LogP contribution < -0.4 is 5.32 Å². The molecule has 0 unspecified atom stereocenters. The molecule has 19 heavy (non-hydrogen) atoms. The third-order valence-electron chi connectivity index (χ3n) is 4.21. The molecule has 2 aliphatic rings. The van der Waals surface area contributed by atoms with Crippen molar-refractivity contribution in [3.8, 4) is 0 Å². The molecule has 0 atom stereocenters. The number of benzene rings is 1. The van der Waals surface area contributed by atoms with Crippen molar-refractivity contribution in [2.24, 2.45) is 11.8 Å². The third kappa shape index (κ3) is 2.16. The van der Waals surface area contributed by atoms with Gasteiger partial charge in [-0.1, -0.05) is 35.9 Å². The van der Waals surface area contributed by atoms with Gasteiger partial charge >= 0.3 is 0 Å². The Kier molecular flexibility index (Phi) is 2.62. The molecule has 1 heterocycles. The van der Waals surface area contributed by atoms with Gasteiger partial charge < -0.3 is 5.32 Å². The zero-order valence-corrected chi connectivity index (χ0v) is 11.4. The van der Waals surface area contributed by atoms with Gasteiger partial charge in [0, 0.05) is 16.8 Å². The molecule has 2 saturated carbocycles.